The molecule has 2 aromatic rings. The SMILES string of the molecule is Cc1nc(Oc2ccc(Cl)c(Cl)c2)ncc1C(=O)O. The number of rotatable bonds is 3. The number of carboxylic acids is 1. The van der Waals surface area contributed by atoms with Crippen molar-refractivity contribution in [1.82, 2.24) is 9.97 Å². The molecule has 0 spiro atoms. The number of halogens is 2. The molecule has 1 heterocycles. The smallest absolute Gasteiger partial charge is 0.339 e. The molecule has 0 bridgehead atoms. The normalized spacial score (nSPS) is 10.3. The van der Waals surface area contributed by atoms with E-state index in [-0.39, 0.29) is 11.6 Å². The summed E-state index contributed by atoms with van der Waals surface area (Å²) < 4.78 is 5.37. The quantitative estimate of drug-likeness (QED) is 0.937. The van der Waals surface area contributed by atoms with Gasteiger partial charge in [0, 0.05) is 12.3 Å². The summed E-state index contributed by atoms with van der Waals surface area (Å²) in [5.41, 5.74) is 0.346. The highest BCUT2D eigenvalue weighted by Gasteiger charge is 2.11. The zero-order valence-electron chi connectivity index (χ0n) is 9.72. The van der Waals surface area contributed by atoms with Crippen molar-refractivity contribution in [2.24, 2.45) is 0 Å². The molecule has 1 aromatic carbocycles. The third-order valence-electron chi connectivity index (χ3n) is 2.29. The minimum atomic E-state index is -1.08. The highest BCUT2D eigenvalue weighted by Crippen LogP contribution is 2.28. The molecule has 0 aliphatic heterocycles. The maximum Gasteiger partial charge on any atom is 0.339 e. The molecule has 0 aliphatic rings. The Morgan fingerprint density at radius 3 is 2.63 bits per heavy atom. The van der Waals surface area contributed by atoms with Crippen LogP contribution in [-0.2, 0) is 0 Å². The number of hydrogen-bond donors (Lipinski definition) is 1. The van der Waals surface area contributed by atoms with Crippen molar-refractivity contribution in [2.75, 3.05) is 0 Å². The monoisotopic (exact) mass is 298 g/mol. The molecule has 5 nitrogen and oxygen atoms in total. The van der Waals surface area contributed by atoms with Gasteiger partial charge in [-0.3, -0.25) is 0 Å². The Morgan fingerprint density at radius 2 is 2.05 bits per heavy atom. The number of carboxylic acid groups (broad SMARTS) is 1. The van der Waals surface area contributed by atoms with Crippen molar-refractivity contribution >= 4 is 29.2 Å². The van der Waals surface area contributed by atoms with Crippen LogP contribution in [0, 0.1) is 6.92 Å². The van der Waals surface area contributed by atoms with E-state index in [1.54, 1.807) is 19.1 Å². The third kappa shape index (κ3) is 3.13. The minimum Gasteiger partial charge on any atom is -0.478 e. The van der Waals surface area contributed by atoms with Gasteiger partial charge in [0.2, 0.25) is 0 Å². The first kappa shape index (κ1) is 13.6. The molecule has 1 N–H and O–H groups in total. The van der Waals surface area contributed by atoms with Gasteiger partial charge in [-0.05, 0) is 19.1 Å². The van der Waals surface area contributed by atoms with E-state index in [1.807, 2.05) is 0 Å². The summed E-state index contributed by atoms with van der Waals surface area (Å²) in [5.74, 6) is -0.671. The lowest BCUT2D eigenvalue weighted by Crippen LogP contribution is -2.04. The van der Waals surface area contributed by atoms with E-state index in [9.17, 15) is 4.79 Å². The van der Waals surface area contributed by atoms with Gasteiger partial charge in [-0.25, -0.2) is 9.78 Å². The minimum absolute atomic E-state index is 0.0292. The predicted octanol–water partition coefficient (Wildman–Crippen LogP) is 3.58. The van der Waals surface area contributed by atoms with E-state index < -0.39 is 5.97 Å². The fourth-order valence-electron chi connectivity index (χ4n) is 1.35. The van der Waals surface area contributed by atoms with E-state index in [2.05, 4.69) is 9.97 Å². The Kier molecular flexibility index (Phi) is 3.87. The van der Waals surface area contributed by atoms with Gasteiger partial charge in [-0.2, -0.15) is 4.98 Å². The fourth-order valence-corrected chi connectivity index (χ4v) is 1.64. The molecule has 0 saturated carbocycles. The van der Waals surface area contributed by atoms with Crippen molar-refractivity contribution in [2.45, 2.75) is 6.92 Å². The summed E-state index contributed by atoms with van der Waals surface area (Å²) >= 11 is 11.6. The van der Waals surface area contributed by atoms with Crippen LogP contribution >= 0.6 is 23.2 Å². The number of aromatic nitrogens is 2. The first-order valence-electron chi connectivity index (χ1n) is 5.17. The number of nitrogens with zero attached hydrogens (tertiary/aromatic N) is 2. The third-order valence-corrected chi connectivity index (χ3v) is 3.03. The molecule has 19 heavy (non-hydrogen) atoms. The van der Waals surface area contributed by atoms with Crippen LogP contribution in [0.2, 0.25) is 10.0 Å². The van der Waals surface area contributed by atoms with Gasteiger partial charge >= 0.3 is 12.0 Å². The number of ether oxygens (including phenoxy) is 1. The van der Waals surface area contributed by atoms with Crippen LogP contribution < -0.4 is 4.74 Å². The lowest BCUT2D eigenvalue weighted by molar-refractivity contribution is 0.0695. The number of hydrogen-bond acceptors (Lipinski definition) is 4. The Hall–Kier alpha value is -1.85. The van der Waals surface area contributed by atoms with Crippen molar-refractivity contribution in [1.29, 1.82) is 0 Å². The van der Waals surface area contributed by atoms with E-state index in [1.165, 1.54) is 12.3 Å². The molecular formula is C12H8Cl2N2O3. The van der Waals surface area contributed by atoms with Gasteiger partial charge in [0.05, 0.1) is 21.3 Å². The van der Waals surface area contributed by atoms with Crippen molar-refractivity contribution < 1.29 is 14.6 Å². The van der Waals surface area contributed by atoms with Gasteiger partial charge in [-0.15, -0.1) is 0 Å². The Labute approximate surface area is 118 Å². The molecule has 7 heteroatoms. The summed E-state index contributed by atoms with van der Waals surface area (Å²) in [6.07, 6.45) is 1.19. The summed E-state index contributed by atoms with van der Waals surface area (Å²) in [5, 5.41) is 9.62. The topological polar surface area (TPSA) is 72.3 Å². The summed E-state index contributed by atoms with van der Waals surface area (Å²) in [6.45, 7) is 1.56. The second kappa shape index (κ2) is 5.42. The first-order chi connectivity index (χ1) is 8.97. The van der Waals surface area contributed by atoms with Gasteiger partial charge in [0.25, 0.3) is 0 Å². The second-order valence-corrected chi connectivity index (χ2v) is 4.45. The molecule has 0 radical (unpaired) electrons. The standard InChI is InChI=1S/C12H8Cl2N2O3/c1-6-8(11(17)18)5-15-12(16-6)19-7-2-3-9(13)10(14)4-7/h2-5H,1H3,(H,17,18). The Morgan fingerprint density at radius 1 is 1.32 bits per heavy atom. The van der Waals surface area contributed by atoms with E-state index >= 15 is 0 Å². The van der Waals surface area contributed by atoms with Crippen LogP contribution in [0.15, 0.2) is 24.4 Å². The average molecular weight is 299 g/mol. The summed E-state index contributed by atoms with van der Waals surface area (Å²) in [6, 6.07) is 4.75. The van der Waals surface area contributed by atoms with E-state index in [0.717, 1.165) is 0 Å². The van der Waals surface area contributed by atoms with Gasteiger partial charge < -0.3 is 9.84 Å². The average Bonchev–Trinajstić information content (AvgIpc) is 2.33. The number of carbonyl (C=O) groups is 1. The molecule has 0 fully saturated rings. The first-order valence-corrected chi connectivity index (χ1v) is 5.93. The summed E-state index contributed by atoms with van der Waals surface area (Å²) in [7, 11) is 0. The molecule has 0 aliphatic carbocycles. The Bertz CT molecular complexity index is 647. The zero-order valence-corrected chi connectivity index (χ0v) is 11.2. The van der Waals surface area contributed by atoms with Crippen LogP contribution in [0.25, 0.3) is 0 Å². The zero-order chi connectivity index (χ0) is 14.0. The number of aryl methyl sites for hydroxylation is 1. The van der Waals surface area contributed by atoms with E-state index in [0.29, 0.717) is 21.5 Å². The fraction of sp³-hybridized carbons (Fsp3) is 0.0833. The van der Waals surface area contributed by atoms with Crippen LogP contribution in [0.3, 0.4) is 0 Å². The second-order valence-electron chi connectivity index (χ2n) is 3.63. The molecular weight excluding hydrogens is 291 g/mol. The molecule has 0 saturated heterocycles. The van der Waals surface area contributed by atoms with Crippen LogP contribution in [0.5, 0.6) is 11.8 Å². The van der Waals surface area contributed by atoms with Crippen molar-refractivity contribution in [3.63, 3.8) is 0 Å². The highest BCUT2D eigenvalue weighted by atomic mass is 35.5. The molecule has 2 rings (SSSR count). The van der Waals surface area contributed by atoms with Gasteiger partial charge in [0.1, 0.15) is 5.75 Å². The van der Waals surface area contributed by atoms with Crippen molar-refractivity contribution in [3.05, 3.63) is 45.7 Å². The lowest BCUT2D eigenvalue weighted by Gasteiger charge is -2.06. The van der Waals surface area contributed by atoms with Crippen molar-refractivity contribution in [3.8, 4) is 11.8 Å². The maximum atomic E-state index is 10.8. The molecule has 1 aromatic heterocycles. The van der Waals surface area contributed by atoms with E-state index in [4.69, 9.17) is 33.0 Å². The number of benzene rings is 1. The molecule has 0 amide bonds. The molecule has 98 valence electrons. The largest absolute Gasteiger partial charge is 0.478 e. The highest BCUT2D eigenvalue weighted by molar-refractivity contribution is 6.42. The van der Waals surface area contributed by atoms with Crippen LogP contribution in [0.1, 0.15) is 16.1 Å². The van der Waals surface area contributed by atoms with Gasteiger partial charge in [-0.1, -0.05) is 23.2 Å². The van der Waals surface area contributed by atoms with Gasteiger partial charge in [0.15, 0.2) is 0 Å². The number of aromatic carboxylic acids is 1. The lowest BCUT2D eigenvalue weighted by atomic mass is 10.2. The van der Waals surface area contributed by atoms with Crippen LogP contribution in [0.4, 0.5) is 0 Å². The van der Waals surface area contributed by atoms with Crippen LogP contribution in [-0.4, -0.2) is 21.0 Å². The predicted molar refractivity (Wildman–Crippen MR) is 70.3 cm³/mol. The molecule has 0 atom stereocenters. The summed E-state index contributed by atoms with van der Waals surface area (Å²) in [4.78, 5) is 18.6. The maximum absolute atomic E-state index is 10.8. The Balaban J connectivity index is 2.26. The molecule has 0 unspecified atom stereocenters.